The Bertz CT molecular complexity index is 2840. The molecule has 0 aromatic heterocycles. The maximum Gasteiger partial charge on any atom is 1.00 e. The second-order valence-corrected chi connectivity index (χ2v) is 24.7. The van der Waals surface area contributed by atoms with E-state index in [1.807, 2.05) is 16.7 Å². The molecule has 11 atom stereocenters. The number of benzene rings is 2. The van der Waals surface area contributed by atoms with E-state index in [0.717, 1.165) is 25.0 Å². The van der Waals surface area contributed by atoms with Crippen LogP contribution in [0.4, 0.5) is 0 Å². The molecule has 0 radical (unpaired) electrons. The molecular weight excluding hydrogens is 1130 g/mol. The van der Waals surface area contributed by atoms with Gasteiger partial charge in [-0.1, -0.05) is 24.2 Å². The van der Waals surface area contributed by atoms with E-state index in [2.05, 4.69) is 33.1 Å². The average Bonchev–Trinajstić information content (AvgIpc) is 3.94. The summed E-state index contributed by atoms with van der Waals surface area (Å²) in [5.74, 6) is 4.64. The third-order valence-electron chi connectivity index (χ3n) is 15.2. The van der Waals surface area contributed by atoms with Gasteiger partial charge in [-0.15, -0.1) is 6.42 Å². The van der Waals surface area contributed by atoms with Gasteiger partial charge in [0.05, 0.1) is 125 Å². The summed E-state index contributed by atoms with van der Waals surface area (Å²) in [4.78, 5) is 10.3. The van der Waals surface area contributed by atoms with Crippen LogP contribution in [0.2, 0.25) is 0 Å². The van der Waals surface area contributed by atoms with E-state index in [1.165, 1.54) is 18.2 Å². The Balaban J connectivity index is 0.00000516. The maximum absolute atomic E-state index is 12.2. The predicted octanol–water partition coefficient (Wildman–Crippen LogP) is -8.21. The second-order valence-electron chi connectivity index (χ2n) is 20.3. The van der Waals surface area contributed by atoms with Gasteiger partial charge in [-0.25, -0.2) is 0 Å². The zero-order chi connectivity index (χ0) is 55.9. The number of fused-ring (bicyclic) bond motifs is 6. The molecule has 2 aromatic rings. The molecular formula is C52H68N4Na2O19S3. The number of aliphatic imine (C=N–C) groups is 2. The van der Waals surface area contributed by atoms with Crippen LogP contribution < -0.4 is 84.1 Å². The Morgan fingerprint density at radius 3 is 1.90 bits per heavy atom. The molecule has 80 heavy (non-hydrogen) atoms. The number of amidine groups is 1. The van der Waals surface area contributed by atoms with E-state index in [4.69, 9.17) is 30.1 Å². The number of hydrogen-bond donors (Lipinski definition) is 9. The summed E-state index contributed by atoms with van der Waals surface area (Å²) < 4.78 is 92.9. The van der Waals surface area contributed by atoms with Gasteiger partial charge in [0.15, 0.2) is 0 Å². The molecule has 2 aromatic carbocycles. The topological polar surface area (TPSA) is 362 Å². The normalized spacial score (nSPS) is 28.4. The fraction of sp³-hybridized carbons (Fsp3) is 0.654. The van der Waals surface area contributed by atoms with Crippen LogP contribution in [0, 0.1) is 24.2 Å². The number of ether oxygens (including phenoxy) is 5. The number of unbranched alkanes of at least 4 members (excludes halogenated alkanes) is 1. The standard InChI is InChI=1S/C52H70N4O19S3.2Na/c1-2-31-39-33-26-56(14-18-72-20-22-73-21-19-71-17-13-53-38(57)8-4-3-7-37-45-35(28-76-37)54-52(64)55-45)27-34(47(59)46(33)58)40(39)32(42-41(31)43-48(60)50(62)44(42)51(63)49(43)61)11-9-29-25-30(74-15-5-23-77(65,66)67)10-12-36(29)75-16-6-24-78(68,69)70;;/h1,10,12,25,33-35,37,43-51,58-63H,3-8,13-24,26-28H2,(H,53,57)(H2,54,55,64)(H,65,66,67)(H,68,69,70);;/q;2*+1/p-2/t33?,34?,35-,37+,43?,44?,45-,46?,47?,48?,49?,50?,51?;;/m0../s1. The molecule has 8 unspecified atom stereocenters. The van der Waals surface area contributed by atoms with Crippen molar-refractivity contribution in [2.24, 2.45) is 9.98 Å². The minimum Gasteiger partial charge on any atom is -0.862 e. The van der Waals surface area contributed by atoms with Crippen molar-refractivity contribution in [1.82, 2.24) is 10.2 Å². The van der Waals surface area contributed by atoms with Crippen molar-refractivity contribution < 1.29 is 150 Å². The Morgan fingerprint density at radius 1 is 0.738 bits per heavy atom. The Morgan fingerprint density at radius 2 is 1.30 bits per heavy atom. The van der Waals surface area contributed by atoms with Crippen molar-refractivity contribution in [1.29, 1.82) is 0 Å². The fourth-order valence-corrected chi connectivity index (χ4v) is 14.1. The van der Waals surface area contributed by atoms with E-state index >= 15 is 0 Å². The van der Waals surface area contributed by atoms with Crippen molar-refractivity contribution in [2.45, 2.75) is 116 Å². The Hall–Kier alpha value is -2.33. The predicted molar refractivity (Wildman–Crippen MR) is 281 cm³/mol. The summed E-state index contributed by atoms with van der Waals surface area (Å²) in [6.45, 7) is 2.26. The molecule has 23 nitrogen and oxygen atoms in total. The van der Waals surface area contributed by atoms with Crippen molar-refractivity contribution in [3.05, 3.63) is 57.1 Å². The van der Waals surface area contributed by atoms with Gasteiger partial charge >= 0.3 is 59.1 Å². The van der Waals surface area contributed by atoms with Crippen LogP contribution in [-0.2, 0) is 34.4 Å². The van der Waals surface area contributed by atoms with Gasteiger partial charge in [0.1, 0.15) is 11.5 Å². The first-order chi connectivity index (χ1) is 37.3. The Labute approximate surface area is 514 Å². The SMILES string of the molecule is C#Cc1c2c(c(C#Cc3cc(OCCCS(=O)(=O)O)ccc3OCCCS(=O)(=O)O)c3c1C1C(O)C(O)C3C(O)C1O)C1CN(CCOCCOCCOCCN=C([O-])CCCC[C@H]3SC[C@@H]4NC([O-])=N[C@@H]43)CC2C(O)C1O.[Na+].[Na+]. The molecule has 3 fully saturated rings. The van der Waals surface area contributed by atoms with Crippen molar-refractivity contribution in [2.75, 3.05) is 96.3 Å². The quantitative estimate of drug-likeness (QED) is 0.0100. The van der Waals surface area contributed by atoms with Gasteiger partial charge in [0.25, 0.3) is 20.2 Å². The maximum atomic E-state index is 12.2. The number of aliphatic hydroxyl groups excluding tert-OH is 6. The van der Waals surface area contributed by atoms with E-state index in [1.54, 1.807) is 0 Å². The van der Waals surface area contributed by atoms with E-state index in [0.29, 0.717) is 35.9 Å². The molecule has 4 heterocycles. The number of nitrogens with one attached hydrogen (secondary N) is 1. The van der Waals surface area contributed by atoms with Crippen LogP contribution >= 0.6 is 11.8 Å². The average molecular weight is 1200 g/mol. The number of nitrogens with zero attached hydrogens (tertiary/aromatic N) is 3. The van der Waals surface area contributed by atoms with Crippen LogP contribution in [0.3, 0.4) is 0 Å². The summed E-state index contributed by atoms with van der Waals surface area (Å²) in [5.41, 5.74) is 2.07. The summed E-state index contributed by atoms with van der Waals surface area (Å²) in [5, 5.41) is 96.5. The number of terminal acetylenes is 1. The largest absolute Gasteiger partial charge is 1.00 e. The third kappa shape index (κ3) is 16.3. The van der Waals surface area contributed by atoms with E-state index in [-0.39, 0.29) is 201 Å². The van der Waals surface area contributed by atoms with Gasteiger partial charge in [-0.2, -0.15) is 28.6 Å². The third-order valence-corrected chi connectivity index (χ3v) is 18.3. The van der Waals surface area contributed by atoms with E-state index < -0.39 is 92.0 Å². The summed E-state index contributed by atoms with van der Waals surface area (Å²) in [7, 11) is -8.56. The smallest absolute Gasteiger partial charge is 0.862 e. The first-order valence-electron chi connectivity index (χ1n) is 26.2. The number of aliphatic hydroxyl groups is 6. The molecule has 1 saturated carbocycles. The molecule has 430 valence electrons. The first-order valence-corrected chi connectivity index (χ1v) is 30.4. The van der Waals surface area contributed by atoms with Crippen LogP contribution in [0.1, 0.15) is 101 Å². The number of hydrogen-bond acceptors (Lipinski definition) is 22. The molecule has 0 spiro atoms. The number of rotatable bonds is 27. The number of thioether (sulfide) groups is 1. The van der Waals surface area contributed by atoms with Crippen LogP contribution in [-0.4, -0.2) is 224 Å². The molecule has 9 N–H and O–H groups in total. The zero-order valence-electron chi connectivity index (χ0n) is 44.8. The molecule has 8 aliphatic rings. The van der Waals surface area contributed by atoms with Gasteiger partial charge in [0.2, 0.25) is 0 Å². The summed E-state index contributed by atoms with van der Waals surface area (Å²) >= 11 is 1.82. The summed E-state index contributed by atoms with van der Waals surface area (Å²) in [6.07, 6.45) is 0.0626. The van der Waals surface area contributed by atoms with Crippen LogP contribution in [0.25, 0.3) is 0 Å². The van der Waals surface area contributed by atoms with Crippen molar-refractivity contribution in [3.63, 3.8) is 0 Å². The minimum absolute atomic E-state index is 0. The molecule has 4 aliphatic heterocycles. The van der Waals surface area contributed by atoms with Gasteiger partial charge in [-0.05, 0) is 78.5 Å². The van der Waals surface area contributed by atoms with Crippen LogP contribution in [0.5, 0.6) is 11.5 Å². The summed E-state index contributed by atoms with van der Waals surface area (Å²) in [6, 6.07) is 4.37. The van der Waals surface area contributed by atoms with E-state index in [9.17, 15) is 66.8 Å². The first kappa shape index (κ1) is 66.8. The molecule has 28 heteroatoms. The van der Waals surface area contributed by atoms with Crippen LogP contribution in [0.15, 0.2) is 28.2 Å². The fourth-order valence-electron chi connectivity index (χ4n) is 11.6. The second kappa shape index (κ2) is 30.1. The van der Waals surface area contributed by atoms with Crippen molar-refractivity contribution in [3.8, 4) is 35.7 Å². The molecule has 2 saturated heterocycles. The molecule has 10 rings (SSSR count). The monoisotopic (exact) mass is 1190 g/mol. The Kier molecular flexibility index (Phi) is 25.2. The van der Waals surface area contributed by atoms with Gasteiger partial charge < -0.3 is 74.8 Å². The molecule has 0 amide bonds. The zero-order valence-corrected chi connectivity index (χ0v) is 51.2. The minimum atomic E-state index is -4.30. The molecule has 4 aliphatic carbocycles. The van der Waals surface area contributed by atoms with Gasteiger partial charge in [0, 0.05) is 71.5 Å². The van der Waals surface area contributed by atoms with Crippen molar-refractivity contribution >= 4 is 43.9 Å². The van der Waals surface area contributed by atoms with Gasteiger partial charge in [-0.3, -0.25) is 19.0 Å². The molecule has 4 bridgehead atoms.